The Hall–Kier alpha value is -1.28. The smallest absolute Gasteiger partial charge is 0.119 e. The average molecular weight is 319 g/mol. The highest BCUT2D eigenvalue weighted by Crippen LogP contribution is 2.33. The molecule has 19 heavy (non-hydrogen) atoms. The molecule has 0 radical (unpaired) electrons. The van der Waals surface area contributed by atoms with E-state index in [4.69, 9.17) is 4.74 Å². The van der Waals surface area contributed by atoms with Crippen molar-refractivity contribution >= 4 is 15.9 Å². The molecule has 0 saturated carbocycles. The molecule has 2 aromatic rings. The van der Waals surface area contributed by atoms with Crippen LogP contribution in [-0.4, -0.2) is 7.11 Å². The molecular formula is C17H19BrO. The molecule has 0 saturated heterocycles. The van der Waals surface area contributed by atoms with Gasteiger partial charge < -0.3 is 4.74 Å². The number of rotatable bonds is 4. The summed E-state index contributed by atoms with van der Waals surface area (Å²) in [5, 5.41) is 0. The van der Waals surface area contributed by atoms with Crippen molar-refractivity contribution in [3.05, 3.63) is 65.2 Å². The Bertz CT molecular complexity index is 531. The van der Waals surface area contributed by atoms with Crippen LogP contribution < -0.4 is 4.74 Å². The minimum atomic E-state index is 0.198. The van der Waals surface area contributed by atoms with E-state index in [1.54, 1.807) is 7.11 Å². The van der Waals surface area contributed by atoms with E-state index in [2.05, 4.69) is 66.2 Å². The van der Waals surface area contributed by atoms with Crippen molar-refractivity contribution in [2.75, 3.05) is 7.11 Å². The van der Waals surface area contributed by atoms with Crippen LogP contribution in [0.3, 0.4) is 0 Å². The molecule has 1 atom stereocenters. The van der Waals surface area contributed by atoms with Gasteiger partial charge in [-0.1, -0.05) is 66.2 Å². The molecule has 100 valence electrons. The lowest BCUT2D eigenvalue weighted by Gasteiger charge is -2.13. The van der Waals surface area contributed by atoms with E-state index in [9.17, 15) is 0 Å². The lowest BCUT2D eigenvalue weighted by molar-refractivity contribution is 0.414. The Labute approximate surface area is 123 Å². The molecule has 0 aliphatic rings. The van der Waals surface area contributed by atoms with Gasteiger partial charge in [-0.3, -0.25) is 0 Å². The largest absolute Gasteiger partial charge is 0.497 e. The summed E-state index contributed by atoms with van der Waals surface area (Å²) in [6, 6.07) is 16.9. The molecule has 0 fully saturated rings. The quantitative estimate of drug-likeness (QED) is 0.695. The number of ether oxygens (including phenoxy) is 1. The number of methoxy groups -OCH3 is 1. The van der Waals surface area contributed by atoms with Crippen molar-refractivity contribution in [2.45, 2.75) is 24.6 Å². The highest BCUT2D eigenvalue weighted by atomic mass is 79.9. The van der Waals surface area contributed by atoms with Gasteiger partial charge in [0.15, 0.2) is 0 Å². The Kier molecular flexibility index (Phi) is 4.65. The van der Waals surface area contributed by atoms with Crippen molar-refractivity contribution < 1.29 is 4.74 Å². The summed E-state index contributed by atoms with van der Waals surface area (Å²) in [7, 11) is 1.69. The molecule has 0 bridgehead atoms. The Morgan fingerprint density at radius 2 is 1.53 bits per heavy atom. The second kappa shape index (κ2) is 6.25. The molecule has 0 aliphatic carbocycles. The van der Waals surface area contributed by atoms with Crippen LogP contribution in [0.15, 0.2) is 48.5 Å². The number of benzene rings is 2. The first kappa shape index (κ1) is 14.1. The van der Waals surface area contributed by atoms with Gasteiger partial charge in [-0.25, -0.2) is 0 Å². The van der Waals surface area contributed by atoms with Gasteiger partial charge in [-0.05, 0) is 34.7 Å². The highest BCUT2D eigenvalue weighted by Gasteiger charge is 2.11. The van der Waals surface area contributed by atoms with Gasteiger partial charge in [0.25, 0.3) is 0 Å². The van der Waals surface area contributed by atoms with E-state index in [0.29, 0.717) is 5.92 Å². The Morgan fingerprint density at radius 1 is 0.895 bits per heavy atom. The molecule has 0 amide bonds. The van der Waals surface area contributed by atoms with E-state index in [0.717, 1.165) is 5.75 Å². The summed E-state index contributed by atoms with van der Waals surface area (Å²) in [6.45, 7) is 4.42. The van der Waals surface area contributed by atoms with Gasteiger partial charge >= 0.3 is 0 Å². The lowest BCUT2D eigenvalue weighted by atomic mass is 9.99. The summed E-state index contributed by atoms with van der Waals surface area (Å²) < 4.78 is 5.27. The van der Waals surface area contributed by atoms with Gasteiger partial charge in [0.05, 0.1) is 11.9 Å². The highest BCUT2D eigenvalue weighted by molar-refractivity contribution is 9.09. The summed E-state index contributed by atoms with van der Waals surface area (Å²) in [6.07, 6.45) is 0. The first-order valence-corrected chi connectivity index (χ1v) is 7.41. The number of halogens is 1. The fourth-order valence-corrected chi connectivity index (χ4v) is 2.63. The molecule has 0 aliphatic heterocycles. The zero-order valence-corrected chi connectivity index (χ0v) is 13.1. The zero-order valence-electron chi connectivity index (χ0n) is 11.6. The fourth-order valence-electron chi connectivity index (χ4n) is 2.04. The third-order valence-corrected chi connectivity index (χ3v) is 4.34. The van der Waals surface area contributed by atoms with Gasteiger partial charge in [0, 0.05) is 0 Å². The second-order valence-corrected chi connectivity index (χ2v) is 5.88. The topological polar surface area (TPSA) is 9.23 Å². The molecule has 1 nitrogen and oxygen atoms in total. The zero-order chi connectivity index (χ0) is 13.8. The third-order valence-electron chi connectivity index (χ3n) is 3.28. The van der Waals surface area contributed by atoms with E-state index in [1.807, 2.05) is 12.1 Å². The number of alkyl halides is 1. The van der Waals surface area contributed by atoms with Gasteiger partial charge in [-0.2, -0.15) is 0 Å². The summed E-state index contributed by atoms with van der Waals surface area (Å²) in [5.41, 5.74) is 3.84. The molecule has 0 spiro atoms. The molecular weight excluding hydrogens is 300 g/mol. The van der Waals surface area contributed by atoms with Crippen LogP contribution >= 0.6 is 15.9 Å². The molecule has 0 heterocycles. The summed E-state index contributed by atoms with van der Waals surface area (Å²) in [4.78, 5) is 0.198. The van der Waals surface area contributed by atoms with Gasteiger partial charge in [-0.15, -0.1) is 0 Å². The first-order chi connectivity index (χ1) is 9.11. The normalized spacial score (nSPS) is 12.5. The van der Waals surface area contributed by atoms with Crippen LogP contribution in [0.1, 0.15) is 41.3 Å². The summed E-state index contributed by atoms with van der Waals surface area (Å²) >= 11 is 3.76. The minimum absolute atomic E-state index is 0.198. The van der Waals surface area contributed by atoms with Crippen molar-refractivity contribution in [2.24, 2.45) is 0 Å². The molecule has 0 aromatic heterocycles. The third kappa shape index (κ3) is 3.38. The second-order valence-electron chi connectivity index (χ2n) is 4.96. The number of hydrogen-bond acceptors (Lipinski definition) is 1. The van der Waals surface area contributed by atoms with Gasteiger partial charge in [0.1, 0.15) is 5.75 Å². The van der Waals surface area contributed by atoms with Crippen molar-refractivity contribution in [1.29, 1.82) is 0 Å². The van der Waals surface area contributed by atoms with E-state index >= 15 is 0 Å². The number of hydrogen-bond donors (Lipinski definition) is 0. The van der Waals surface area contributed by atoms with Crippen molar-refractivity contribution in [3.63, 3.8) is 0 Å². The van der Waals surface area contributed by atoms with E-state index in [-0.39, 0.29) is 4.83 Å². The lowest BCUT2D eigenvalue weighted by Crippen LogP contribution is -1.95. The summed E-state index contributed by atoms with van der Waals surface area (Å²) in [5.74, 6) is 1.46. The maximum atomic E-state index is 5.27. The predicted octanol–water partition coefficient (Wildman–Crippen LogP) is 5.30. The van der Waals surface area contributed by atoms with E-state index < -0.39 is 0 Å². The van der Waals surface area contributed by atoms with E-state index in [1.165, 1.54) is 16.7 Å². The van der Waals surface area contributed by atoms with Gasteiger partial charge in [0.2, 0.25) is 0 Å². The van der Waals surface area contributed by atoms with Crippen LogP contribution in [0.5, 0.6) is 5.75 Å². The molecule has 1 unspecified atom stereocenters. The van der Waals surface area contributed by atoms with Crippen LogP contribution in [0.4, 0.5) is 0 Å². The molecule has 0 N–H and O–H groups in total. The van der Waals surface area contributed by atoms with Crippen LogP contribution in [0.2, 0.25) is 0 Å². The maximum Gasteiger partial charge on any atom is 0.119 e. The van der Waals surface area contributed by atoms with Crippen LogP contribution in [-0.2, 0) is 0 Å². The Morgan fingerprint density at radius 3 is 2.11 bits per heavy atom. The maximum absolute atomic E-state index is 5.27. The molecule has 2 rings (SSSR count). The van der Waals surface area contributed by atoms with Crippen molar-refractivity contribution in [3.8, 4) is 5.75 Å². The van der Waals surface area contributed by atoms with Crippen molar-refractivity contribution in [1.82, 2.24) is 0 Å². The minimum Gasteiger partial charge on any atom is -0.497 e. The predicted molar refractivity (Wildman–Crippen MR) is 84.3 cm³/mol. The average Bonchev–Trinajstić information content (AvgIpc) is 2.46. The monoisotopic (exact) mass is 318 g/mol. The van der Waals surface area contributed by atoms with Crippen LogP contribution in [0, 0.1) is 0 Å². The van der Waals surface area contributed by atoms with Crippen LogP contribution in [0.25, 0.3) is 0 Å². The fraction of sp³-hybridized carbons (Fsp3) is 0.294. The SMILES string of the molecule is COc1cccc(C(Br)c2ccc(C(C)C)cc2)c1. The standard InChI is InChI=1S/C17H19BrO/c1-12(2)13-7-9-14(10-8-13)17(18)15-5-4-6-16(11-15)19-3/h4-12,17H,1-3H3. The molecule has 2 aromatic carbocycles. The Balaban J connectivity index is 2.25. The molecule has 2 heteroatoms. The first-order valence-electron chi connectivity index (χ1n) is 6.49.